The van der Waals surface area contributed by atoms with Gasteiger partial charge >= 0.3 is 0 Å². The fourth-order valence-corrected chi connectivity index (χ4v) is 1.52. The van der Waals surface area contributed by atoms with Crippen LogP contribution in [-0.4, -0.2) is 4.98 Å². The van der Waals surface area contributed by atoms with Crippen molar-refractivity contribution in [1.82, 2.24) is 4.98 Å². The van der Waals surface area contributed by atoms with E-state index in [0.29, 0.717) is 5.69 Å². The Morgan fingerprint density at radius 2 is 2.14 bits per heavy atom. The van der Waals surface area contributed by atoms with E-state index in [0.717, 1.165) is 0 Å². The third kappa shape index (κ3) is 1.21. The maximum absolute atomic E-state index is 13.3. The number of nitrogens with one attached hydrogen (secondary N) is 1. The Kier molecular flexibility index (Phi) is 2.04. The normalized spacial score (nSPS) is 10.8. The predicted octanol–water partition coefficient (Wildman–Crippen LogP) is 2.63. The van der Waals surface area contributed by atoms with Crippen LogP contribution in [-0.2, 0) is 0 Å². The molecule has 0 aliphatic carbocycles. The molecule has 72 valence electrons. The number of aromatic nitrogens is 1. The van der Waals surface area contributed by atoms with Crippen molar-refractivity contribution in [2.75, 3.05) is 0 Å². The first kappa shape index (κ1) is 9.21. The van der Waals surface area contributed by atoms with Gasteiger partial charge in [-0.2, -0.15) is 0 Å². The first-order valence-electron chi connectivity index (χ1n) is 4.08. The first-order chi connectivity index (χ1) is 6.61. The number of hydrogen-bond acceptors (Lipinski definition) is 1. The van der Waals surface area contributed by atoms with Crippen LogP contribution in [0.1, 0.15) is 5.69 Å². The highest BCUT2D eigenvalue weighted by molar-refractivity contribution is 6.31. The van der Waals surface area contributed by atoms with Gasteiger partial charge in [0.1, 0.15) is 10.8 Å². The Morgan fingerprint density at radius 3 is 2.86 bits per heavy atom. The van der Waals surface area contributed by atoms with Crippen LogP contribution >= 0.6 is 11.6 Å². The molecule has 0 aliphatic heterocycles. The number of benzene rings is 1. The smallest absolute Gasteiger partial charge is 0.208 e. The zero-order chi connectivity index (χ0) is 10.3. The SMILES string of the molecule is Cc1[nH]c2c(F)cccc2c(=O)c1Cl. The lowest BCUT2D eigenvalue weighted by atomic mass is 10.2. The molecule has 14 heavy (non-hydrogen) atoms. The number of aryl methyl sites for hydroxylation is 1. The van der Waals surface area contributed by atoms with E-state index in [9.17, 15) is 9.18 Å². The fraction of sp³-hybridized carbons (Fsp3) is 0.100. The molecule has 0 saturated carbocycles. The summed E-state index contributed by atoms with van der Waals surface area (Å²) in [6, 6.07) is 4.33. The number of rotatable bonds is 0. The second-order valence-corrected chi connectivity index (χ2v) is 3.43. The van der Waals surface area contributed by atoms with Gasteiger partial charge in [0.05, 0.1) is 10.9 Å². The molecule has 4 heteroatoms. The second kappa shape index (κ2) is 3.10. The van der Waals surface area contributed by atoms with Crippen molar-refractivity contribution in [3.05, 3.63) is 45.0 Å². The van der Waals surface area contributed by atoms with Gasteiger partial charge < -0.3 is 4.98 Å². The molecule has 1 aromatic carbocycles. The molecule has 0 atom stereocenters. The highest BCUT2D eigenvalue weighted by Gasteiger charge is 2.09. The topological polar surface area (TPSA) is 32.9 Å². The largest absolute Gasteiger partial charge is 0.355 e. The minimum atomic E-state index is -0.445. The third-order valence-electron chi connectivity index (χ3n) is 2.10. The molecule has 0 saturated heterocycles. The maximum Gasteiger partial charge on any atom is 0.208 e. The minimum absolute atomic E-state index is 0.114. The third-order valence-corrected chi connectivity index (χ3v) is 2.55. The van der Waals surface area contributed by atoms with Crippen LogP contribution in [0, 0.1) is 12.7 Å². The van der Waals surface area contributed by atoms with Crippen molar-refractivity contribution >= 4 is 22.5 Å². The van der Waals surface area contributed by atoms with E-state index in [2.05, 4.69) is 4.98 Å². The fourth-order valence-electron chi connectivity index (χ4n) is 1.37. The molecule has 1 heterocycles. The van der Waals surface area contributed by atoms with Crippen LogP contribution in [0.2, 0.25) is 5.02 Å². The van der Waals surface area contributed by atoms with Gasteiger partial charge in [-0.3, -0.25) is 4.79 Å². The van der Waals surface area contributed by atoms with Crippen LogP contribution in [0.5, 0.6) is 0 Å². The summed E-state index contributed by atoms with van der Waals surface area (Å²) in [4.78, 5) is 14.3. The van der Waals surface area contributed by atoms with Crippen LogP contribution in [0.15, 0.2) is 23.0 Å². The number of para-hydroxylation sites is 1. The van der Waals surface area contributed by atoms with E-state index < -0.39 is 5.82 Å². The maximum atomic E-state index is 13.3. The van der Waals surface area contributed by atoms with E-state index >= 15 is 0 Å². The molecule has 2 nitrogen and oxygen atoms in total. The van der Waals surface area contributed by atoms with Crippen molar-refractivity contribution in [2.45, 2.75) is 6.92 Å². The standard InChI is InChI=1S/C10H7ClFNO/c1-5-8(11)10(14)6-3-2-4-7(12)9(6)13-5/h2-4H,1H3,(H,13,14). The van der Waals surface area contributed by atoms with Crippen molar-refractivity contribution in [3.63, 3.8) is 0 Å². The number of halogens is 2. The highest BCUT2D eigenvalue weighted by Crippen LogP contribution is 2.16. The van der Waals surface area contributed by atoms with E-state index in [1.165, 1.54) is 12.1 Å². The van der Waals surface area contributed by atoms with Gasteiger partial charge in [-0.1, -0.05) is 17.7 Å². The predicted molar refractivity (Wildman–Crippen MR) is 54.3 cm³/mol. The summed E-state index contributed by atoms with van der Waals surface area (Å²) in [7, 11) is 0. The molecule has 1 N–H and O–H groups in total. The summed E-state index contributed by atoms with van der Waals surface area (Å²) in [5.41, 5.74) is 0.353. The van der Waals surface area contributed by atoms with Gasteiger partial charge in [-0.15, -0.1) is 0 Å². The second-order valence-electron chi connectivity index (χ2n) is 3.06. The monoisotopic (exact) mass is 211 g/mol. The number of aromatic amines is 1. The lowest BCUT2D eigenvalue weighted by Crippen LogP contribution is -2.07. The van der Waals surface area contributed by atoms with Gasteiger partial charge in [0.25, 0.3) is 0 Å². The van der Waals surface area contributed by atoms with Crippen LogP contribution in [0.4, 0.5) is 4.39 Å². The van der Waals surface area contributed by atoms with Crippen LogP contribution in [0.3, 0.4) is 0 Å². The number of hydrogen-bond donors (Lipinski definition) is 1. The highest BCUT2D eigenvalue weighted by atomic mass is 35.5. The van der Waals surface area contributed by atoms with Crippen molar-refractivity contribution in [2.24, 2.45) is 0 Å². The summed E-state index contributed by atoms with van der Waals surface area (Å²) >= 11 is 5.74. The summed E-state index contributed by atoms with van der Waals surface area (Å²) in [5, 5.41) is 0.392. The molecule has 1 aromatic heterocycles. The summed E-state index contributed by atoms with van der Waals surface area (Å²) in [6.45, 7) is 1.63. The van der Waals surface area contributed by atoms with Crippen LogP contribution < -0.4 is 5.43 Å². The molecule has 0 unspecified atom stereocenters. The summed E-state index contributed by atoms with van der Waals surface area (Å²) in [5.74, 6) is -0.445. The molecule has 0 aliphatic rings. The number of fused-ring (bicyclic) bond motifs is 1. The van der Waals surface area contributed by atoms with E-state index in [-0.39, 0.29) is 21.4 Å². The van der Waals surface area contributed by atoms with Gasteiger partial charge in [0, 0.05) is 5.69 Å². The Balaban J connectivity index is 3.06. The Labute approximate surface area is 84.3 Å². The van der Waals surface area contributed by atoms with Gasteiger partial charge in [-0.05, 0) is 19.1 Å². The van der Waals surface area contributed by atoms with E-state index in [1.54, 1.807) is 13.0 Å². The molecule has 0 radical (unpaired) electrons. The molecular formula is C10H7ClFNO. The lowest BCUT2D eigenvalue weighted by Gasteiger charge is -2.02. The van der Waals surface area contributed by atoms with Gasteiger partial charge in [-0.25, -0.2) is 4.39 Å². The molecule has 0 fully saturated rings. The zero-order valence-corrected chi connectivity index (χ0v) is 8.15. The average molecular weight is 212 g/mol. The van der Waals surface area contributed by atoms with Crippen LogP contribution in [0.25, 0.3) is 10.9 Å². The molecular weight excluding hydrogens is 205 g/mol. The number of pyridine rings is 1. The first-order valence-corrected chi connectivity index (χ1v) is 4.45. The summed E-state index contributed by atoms with van der Waals surface area (Å²) < 4.78 is 13.3. The lowest BCUT2D eigenvalue weighted by molar-refractivity contribution is 0.636. The summed E-state index contributed by atoms with van der Waals surface area (Å²) in [6.07, 6.45) is 0. The molecule has 2 aromatic rings. The molecule has 0 bridgehead atoms. The van der Waals surface area contributed by atoms with Gasteiger partial charge in [0.2, 0.25) is 5.43 Å². The van der Waals surface area contributed by atoms with Crippen molar-refractivity contribution in [3.8, 4) is 0 Å². The van der Waals surface area contributed by atoms with Gasteiger partial charge in [0.15, 0.2) is 0 Å². The molecule has 0 spiro atoms. The van der Waals surface area contributed by atoms with E-state index in [1.807, 2.05) is 0 Å². The Bertz CT molecular complexity index is 562. The average Bonchev–Trinajstić information content (AvgIpc) is 2.17. The minimum Gasteiger partial charge on any atom is -0.355 e. The zero-order valence-electron chi connectivity index (χ0n) is 7.40. The molecule has 2 rings (SSSR count). The number of H-pyrrole nitrogens is 1. The Morgan fingerprint density at radius 1 is 1.43 bits per heavy atom. The quantitative estimate of drug-likeness (QED) is 0.714. The molecule has 0 amide bonds. The van der Waals surface area contributed by atoms with E-state index in [4.69, 9.17) is 11.6 Å². The van der Waals surface area contributed by atoms with Crippen molar-refractivity contribution < 1.29 is 4.39 Å². The Hall–Kier alpha value is -1.35. The van der Waals surface area contributed by atoms with Crippen molar-refractivity contribution in [1.29, 1.82) is 0 Å².